The summed E-state index contributed by atoms with van der Waals surface area (Å²) in [5.74, 6) is -1.14. The molecule has 94 valence electrons. The van der Waals surface area contributed by atoms with Crippen molar-refractivity contribution in [2.45, 2.75) is 19.9 Å². The molecule has 0 aliphatic heterocycles. The fourth-order valence-electron chi connectivity index (χ4n) is 1.34. The first-order chi connectivity index (χ1) is 7.95. The van der Waals surface area contributed by atoms with Crippen LogP contribution in [0.4, 0.5) is 4.39 Å². The van der Waals surface area contributed by atoms with E-state index in [1.54, 1.807) is 0 Å². The second-order valence-corrected chi connectivity index (χ2v) is 4.57. The minimum atomic E-state index is -0.632. The van der Waals surface area contributed by atoms with Gasteiger partial charge >= 0.3 is 0 Å². The molecule has 3 nitrogen and oxygen atoms in total. The van der Waals surface area contributed by atoms with Crippen LogP contribution < -0.4 is 5.32 Å². The standard InChI is InChI=1S/C12H15ClFNO2/c1-7(2)11(6-16)15-12(17)9-5-8(13)3-4-10(9)14/h3-5,7,11,16H,6H2,1-2H3,(H,15,17). The molecular weight excluding hydrogens is 245 g/mol. The molecule has 2 N–H and O–H groups in total. The summed E-state index contributed by atoms with van der Waals surface area (Å²) in [5, 5.41) is 11.9. The predicted molar refractivity (Wildman–Crippen MR) is 64.6 cm³/mol. The number of benzene rings is 1. The number of amides is 1. The highest BCUT2D eigenvalue weighted by Gasteiger charge is 2.18. The van der Waals surface area contributed by atoms with Crippen molar-refractivity contribution in [2.24, 2.45) is 5.92 Å². The molecule has 0 saturated carbocycles. The third kappa shape index (κ3) is 3.68. The summed E-state index contributed by atoms with van der Waals surface area (Å²) >= 11 is 5.70. The van der Waals surface area contributed by atoms with E-state index >= 15 is 0 Å². The number of nitrogens with one attached hydrogen (secondary N) is 1. The van der Waals surface area contributed by atoms with Crippen molar-refractivity contribution in [1.82, 2.24) is 5.32 Å². The van der Waals surface area contributed by atoms with Crippen LogP contribution in [0.5, 0.6) is 0 Å². The lowest BCUT2D eigenvalue weighted by Crippen LogP contribution is -2.41. The van der Waals surface area contributed by atoms with Crippen molar-refractivity contribution >= 4 is 17.5 Å². The quantitative estimate of drug-likeness (QED) is 0.871. The van der Waals surface area contributed by atoms with Gasteiger partial charge in [-0.15, -0.1) is 0 Å². The number of halogens is 2. The minimum Gasteiger partial charge on any atom is -0.394 e. The average molecular weight is 260 g/mol. The Morgan fingerprint density at radius 2 is 2.18 bits per heavy atom. The smallest absolute Gasteiger partial charge is 0.254 e. The summed E-state index contributed by atoms with van der Waals surface area (Å²) in [4.78, 5) is 11.8. The van der Waals surface area contributed by atoms with Crippen LogP contribution in [0.1, 0.15) is 24.2 Å². The third-order valence-electron chi connectivity index (χ3n) is 2.49. The zero-order chi connectivity index (χ0) is 13.0. The Kier molecular flexibility index (Phi) is 4.90. The third-order valence-corrected chi connectivity index (χ3v) is 2.73. The van der Waals surface area contributed by atoms with Crippen molar-refractivity contribution in [3.8, 4) is 0 Å². The van der Waals surface area contributed by atoms with Crippen molar-refractivity contribution in [3.05, 3.63) is 34.6 Å². The summed E-state index contributed by atoms with van der Waals surface area (Å²) < 4.78 is 13.4. The maximum Gasteiger partial charge on any atom is 0.254 e. The van der Waals surface area contributed by atoms with E-state index in [1.807, 2.05) is 13.8 Å². The number of carbonyl (C=O) groups excluding carboxylic acids is 1. The van der Waals surface area contributed by atoms with Gasteiger partial charge in [0.1, 0.15) is 5.82 Å². The van der Waals surface area contributed by atoms with Gasteiger partial charge in [0.15, 0.2) is 0 Å². The molecule has 0 bridgehead atoms. The summed E-state index contributed by atoms with van der Waals surface area (Å²) in [7, 11) is 0. The molecule has 0 heterocycles. The van der Waals surface area contributed by atoms with Crippen molar-refractivity contribution in [3.63, 3.8) is 0 Å². The summed E-state index contributed by atoms with van der Waals surface area (Å²) in [6.45, 7) is 3.52. The number of hydrogen-bond acceptors (Lipinski definition) is 2. The monoisotopic (exact) mass is 259 g/mol. The van der Waals surface area contributed by atoms with Crippen molar-refractivity contribution < 1.29 is 14.3 Å². The first kappa shape index (κ1) is 13.9. The Labute approximate surface area is 105 Å². The minimum absolute atomic E-state index is 0.0613. The van der Waals surface area contributed by atoms with Gasteiger partial charge < -0.3 is 10.4 Å². The largest absolute Gasteiger partial charge is 0.394 e. The first-order valence-electron chi connectivity index (χ1n) is 5.32. The Bertz CT molecular complexity index is 409. The van der Waals surface area contributed by atoms with Crippen LogP contribution in [-0.2, 0) is 0 Å². The molecular formula is C12H15ClFNO2. The molecule has 0 aliphatic carbocycles. The van der Waals surface area contributed by atoms with Crippen LogP contribution in [0.25, 0.3) is 0 Å². The molecule has 17 heavy (non-hydrogen) atoms. The number of carbonyl (C=O) groups is 1. The average Bonchev–Trinajstić information content (AvgIpc) is 2.28. The highest BCUT2D eigenvalue weighted by molar-refractivity contribution is 6.31. The molecule has 0 fully saturated rings. The number of rotatable bonds is 4. The predicted octanol–water partition coefficient (Wildman–Crippen LogP) is 2.23. The van der Waals surface area contributed by atoms with Gasteiger partial charge in [-0.25, -0.2) is 4.39 Å². The molecule has 1 aromatic rings. The highest BCUT2D eigenvalue weighted by Crippen LogP contribution is 2.15. The molecule has 0 radical (unpaired) electrons. The van der Waals surface area contributed by atoms with E-state index in [4.69, 9.17) is 16.7 Å². The van der Waals surface area contributed by atoms with Crippen molar-refractivity contribution in [1.29, 1.82) is 0 Å². The summed E-state index contributed by atoms with van der Waals surface area (Å²) in [6.07, 6.45) is 0. The van der Waals surface area contributed by atoms with Gasteiger partial charge in [-0.05, 0) is 24.1 Å². The van der Waals surface area contributed by atoms with Gasteiger partial charge in [-0.3, -0.25) is 4.79 Å². The summed E-state index contributed by atoms with van der Waals surface area (Å²) in [6, 6.07) is 3.38. The van der Waals surface area contributed by atoms with Gasteiger partial charge in [0.05, 0.1) is 18.2 Å². The number of aliphatic hydroxyl groups excluding tert-OH is 1. The molecule has 1 rings (SSSR count). The van der Waals surface area contributed by atoms with E-state index in [9.17, 15) is 9.18 Å². The van der Waals surface area contributed by atoms with Crippen LogP contribution >= 0.6 is 11.6 Å². The van der Waals surface area contributed by atoms with E-state index in [1.165, 1.54) is 12.1 Å². The van der Waals surface area contributed by atoms with E-state index < -0.39 is 17.8 Å². The van der Waals surface area contributed by atoms with Crippen LogP contribution in [0.2, 0.25) is 5.02 Å². The topological polar surface area (TPSA) is 49.3 Å². The van der Waals surface area contributed by atoms with E-state index in [0.29, 0.717) is 5.02 Å². The molecule has 1 aromatic carbocycles. The molecule has 0 aromatic heterocycles. The van der Waals surface area contributed by atoms with Crippen molar-refractivity contribution in [2.75, 3.05) is 6.61 Å². The fraction of sp³-hybridized carbons (Fsp3) is 0.417. The van der Waals surface area contributed by atoms with E-state index in [2.05, 4.69) is 5.32 Å². The zero-order valence-corrected chi connectivity index (χ0v) is 10.5. The van der Waals surface area contributed by atoms with Gasteiger partial charge in [-0.2, -0.15) is 0 Å². The molecule has 0 aliphatic rings. The van der Waals surface area contributed by atoms with Crippen LogP contribution in [0.3, 0.4) is 0 Å². The van der Waals surface area contributed by atoms with Gasteiger partial charge in [0, 0.05) is 5.02 Å². The molecule has 5 heteroatoms. The Morgan fingerprint density at radius 3 is 2.71 bits per heavy atom. The Hall–Kier alpha value is -1.13. The lowest BCUT2D eigenvalue weighted by Gasteiger charge is -2.20. The second kappa shape index (κ2) is 5.98. The zero-order valence-electron chi connectivity index (χ0n) is 9.71. The van der Waals surface area contributed by atoms with Gasteiger partial charge in [-0.1, -0.05) is 25.4 Å². The first-order valence-corrected chi connectivity index (χ1v) is 5.70. The maximum absolute atomic E-state index is 13.4. The molecule has 1 atom stereocenters. The molecule has 0 spiro atoms. The Balaban J connectivity index is 2.86. The molecule has 1 unspecified atom stereocenters. The van der Waals surface area contributed by atoms with Crippen LogP contribution in [0, 0.1) is 11.7 Å². The maximum atomic E-state index is 13.4. The van der Waals surface area contributed by atoms with Crippen LogP contribution in [0.15, 0.2) is 18.2 Å². The second-order valence-electron chi connectivity index (χ2n) is 4.13. The SMILES string of the molecule is CC(C)C(CO)NC(=O)c1cc(Cl)ccc1F. The van der Waals surface area contributed by atoms with Crippen LogP contribution in [-0.4, -0.2) is 23.7 Å². The summed E-state index contributed by atoms with van der Waals surface area (Å²) in [5.41, 5.74) is -0.114. The number of hydrogen-bond donors (Lipinski definition) is 2. The van der Waals surface area contributed by atoms with E-state index in [-0.39, 0.29) is 18.1 Å². The normalized spacial score (nSPS) is 12.6. The van der Waals surface area contributed by atoms with E-state index in [0.717, 1.165) is 6.07 Å². The lowest BCUT2D eigenvalue weighted by atomic mass is 10.0. The Morgan fingerprint density at radius 1 is 1.53 bits per heavy atom. The molecule has 1 amide bonds. The van der Waals surface area contributed by atoms with Gasteiger partial charge in [0.2, 0.25) is 0 Å². The van der Waals surface area contributed by atoms with Gasteiger partial charge in [0.25, 0.3) is 5.91 Å². The highest BCUT2D eigenvalue weighted by atomic mass is 35.5. The fourth-order valence-corrected chi connectivity index (χ4v) is 1.51. The molecule has 0 saturated heterocycles. The lowest BCUT2D eigenvalue weighted by molar-refractivity contribution is 0.0892. The number of aliphatic hydroxyl groups is 1.